The maximum absolute atomic E-state index is 12.8. The Morgan fingerprint density at radius 3 is 2.89 bits per heavy atom. The van der Waals surface area contributed by atoms with E-state index in [-0.39, 0.29) is 11.2 Å². The largest absolute Gasteiger partial charge is 0.356 e. The number of H-pyrrole nitrogens is 1. The van der Waals surface area contributed by atoms with Crippen LogP contribution in [0.2, 0.25) is 0 Å². The number of hydrogen-bond acceptors (Lipinski definition) is 6. The smallest absolute Gasteiger partial charge is 0.153 e. The summed E-state index contributed by atoms with van der Waals surface area (Å²) in [6, 6.07) is 2.32. The van der Waals surface area contributed by atoms with Crippen molar-refractivity contribution in [2.75, 3.05) is 24.7 Å². The molecule has 2 aromatic heterocycles. The molecule has 1 N–H and O–H groups in total. The molecule has 2 atom stereocenters. The van der Waals surface area contributed by atoms with Crippen molar-refractivity contribution in [1.82, 2.24) is 15.0 Å². The minimum absolute atomic E-state index is 0.182. The number of aromatic nitrogens is 3. The molecule has 8 heteroatoms. The number of aromatic amines is 1. The lowest BCUT2D eigenvalue weighted by Crippen LogP contribution is -2.46. The number of anilines is 1. The number of nitrogens with one attached hydrogen (secondary N) is 1. The van der Waals surface area contributed by atoms with Gasteiger partial charge in [-0.3, -0.25) is 0 Å². The Hall–Kier alpha value is -1.96. The first-order chi connectivity index (χ1) is 13.0. The highest BCUT2D eigenvalue weighted by molar-refractivity contribution is 7.92. The van der Waals surface area contributed by atoms with Crippen LogP contribution in [0.5, 0.6) is 0 Å². The highest BCUT2D eigenvalue weighted by Gasteiger charge is 2.40. The van der Waals surface area contributed by atoms with Crippen LogP contribution in [0.3, 0.4) is 0 Å². The van der Waals surface area contributed by atoms with Crippen LogP contribution in [-0.2, 0) is 9.84 Å². The van der Waals surface area contributed by atoms with Gasteiger partial charge in [-0.25, -0.2) is 18.4 Å². The minimum atomic E-state index is -3.02. The van der Waals surface area contributed by atoms with Crippen LogP contribution in [-0.4, -0.2) is 60.7 Å². The standard InChI is InChI=1S/C19H27N5O2S/c1-20-10-13-3-4-16(9-13)27(25,26)11-14-7-15(8-14)24(2)19-17-5-6-21-18(17)22-12-23-19/h5-6,10,12-16H,3-4,7-9,11H2,1-2H3,(H,21,22,23). The Bertz CT molecular complexity index is 932. The maximum Gasteiger partial charge on any atom is 0.153 e. The zero-order chi connectivity index (χ0) is 19.0. The Morgan fingerprint density at radius 2 is 2.11 bits per heavy atom. The number of nitrogens with zero attached hydrogens (tertiary/aromatic N) is 4. The van der Waals surface area contributed by atoms with E-state index in [0.717, 1.165) is 49.0 Å². The van der Waals surface area contributed by atoms with Gasteiger partial charge in [-0.2, -0.15) is 0 Å². The van der Waals surface area contributed by atoms with E-state index in [1.54, 1.807) is 13.4 Å². The molecule has 0 aliphatic heterocycles. The topological polar surface area (TPSA) is 91.3 Å². The number of hydrogen-bond donors (Lipinski definition) is 1. The summed E-state index contributed by atoms with van der Waals surface area (Å²) in [4.78, 5) is 18.0. The third-order valence-electron chi connectivity index (χ3n) is 6.19. The monoisotopic (exact) mass is 389 g/mol. The lowest BCUT2D eigenvalue weighted by Gasteiger charge is -2.42. The van der Waals surface area contributed by atoms with E-state index in [4.69, 9.17) is 0 Å². The van der Waals surface area contributed by atoms with Gasteiger partial charge < -0.3 is 14.9 Å². The van der Waals surface area contributed by atoms with E-state index in [2.05, 4.69) is 24.8 Å². The first-order valence-electron chi connectivity index (χ1n) is 9.62. The number of sulfone groups is 1. The molecule has 2 saturated carbocycles. The molecule has 2 heterocycles. The Labute approximate surface area is 160 Å². The maximum atomic E-state index is 12.8. The first-order valence-corrected chi connectivity index (χ1v) is 11.3. The summed E-state index contributed by atoms with van der Waals surface area (Å²) in [5.74, 6) is 1.81. The summed E-state index contributed by atoms with van der Waals surface area (Å²) in [6.07, 6.45) is 9.61. The van der Waals surface area contributed by atoms with Crippen LogP contribution >= 0.6 is 0 Å². The second-order valence-electron chi connectivity index (χ2n) is 7.97. The first kappa shape index (κ1) is 18.4. The predicted molar refractivity (Wildman–Crippen MR) is 108 cm³/mol. The number of rotatable bonds is 6. The summed E-state index contributed by atoms with van der Waals surface area (Å²) in [5, 5.41) is 0.823. The summed E-state index contributed by atoms with van der Waals surface area (Å²) in [6.45, 7) is 0. The van der Waals surface area contributed by atoms with Gasteiger partial charge in [0, 0.05) is 32.5 Å². The predicted octanol–water partition coefficient (Wildman–Crippen LogP) is 2.46. The van der Waals surface area contributed by atoms with Crippen LogP contribution in [0.4, 0.5) is 5.82 Å². The third-order valence-corrected chi connectivity index (χ3v) is 8.57. The van der Waals surface area contributed by atoms with Gasteiger partial charge in [-0.15, -0.1) is 0 Å². The molecular formula is C19H27N5O2S. The van der Waals surface area contributed by atoms with Gasteiger partial charge in [0.25, 0.3) is 0 Å². The van der Waals surface area contributed by atoms with Crippen molar-refractivity contribution in [3.8, 4) is 0 Å². The fourth-order valence-electron chi connectivity index (χ4n) is 4.58. The number of fused-ring (bicyclic) bond motifs is 1. The van der Waals surface area contributed by atoms with Gasteiger partial charge in [0.15, 0.2) is 9.84 Å². The molecule has 2 fully saturated rings. The molecule has 2 aliphatic rings. The van der Waals surface area contributed by atoms with E-state index >= 15 is 0 Å². The fourth-order valence-corrected chi connectivity index (χ4v) is 6.81. The zero-order valence-electron chi connectivity index (χ0n) is 15.9. The van der Waals surface area contributed by atoms with Crippen molar-refractivity contribution in [3.63, 3.8) is 0 Å². The van der Waals surface area contributed by atoms with Gasteiger partial charge in [-0.1, -0.05) is 0 Å². The molecule has 0 bridgehead atoms. The normalized spacial score (nSPS) is 28.7. The molecule has 0 amide bonds. The SMILES string of the molecule is CN=CC1CCC(S(=O)(=O)CC2CC(N(C)c3ncnc4[nH]ccc34)C2)C1. The van der Waals surface area contributed by atoms with Gasteiger partial charge in [0.05, 0.1) is 16.4 Å². The second-order valence-corrected chi connectivity index (χ2v) is 10.3. The van der Waals surface area contributed by atoms with Crippen molar-refractivity contribution < 1.29 is 8.42 Å². The van der Waals surface area contributed by atoms with Gasteiger partial charge in [-0.05, 0) is 50.0 Å². The molecule has 2 aromatic rings. The molecule has 7 nitrogen and oxygen atoms in total. The van der Waals surface area contributed by atoms with Gasteiger partial charge in [0.1, 0.15) is 17.8 Å². The van der Waals surface area contributed by atoms with Crippen molar-refractivity contribution >= 4 is 32.9 Å². The van der Waals surface area contributed by atoms with Crippen LogP contribution in [0.15, 0.2) is 23.6 Å². The van der Waals surface area contributed by atoms with Crippen molar-refractivity contribution in [2.45, 2.75) is 43.4 Å². The molecule has 0 aromatic carbocycles. The third kappa shape index (κ3) is 3.59. The summed E-state index contributed by atoms with van der Waals surface area (Å²) in [5.41, 5.74) is 0.830. The number of aliphatic imine (C=N–C) groups is 1. The molecule has 2 unspecified atom stereocenters. The molecule has 0 saturated heterocycles. The molecule has 146 valence electrons. The highest BCUT2D eigenvalue weighted by atomic mass is 32.2. The van der Waals surface area contributed by atoms with Crippen molar-refractivity contribution in [2.24, 2.45) is 16.8 Å². The Morgan fingerprint density at radius 1 is 1.30 bits per heavy atom. The summed E-state index contributed by atoms with van der Waals surface area (Å²) in [7, 11) is 0.772. The van der Waals surface area contributed by atoms with Crippen LogP contribution in [0, 0.1) is 11.8 Å². The molecule has 0 spiro atoms. The van der Waals surface area contributed by atoms with Gasteiger partial charge >= 0.3 is 0 Å². The van der Waals surface area contributed by atoms with Gasteiger partial charge in [0.2, 0.25) is 0 Å². The van der Waals surface area contributed by atoms with E-state index in [1.807, 2.05) is 25.5 Å². The van der Waals surface area contributed by atoms with E-state index in [9.17, 15) is 8.42 Å². The quantitative estimate of drug-likeness (QED) is 0.766. The van der Waals surface area contributed by atoms with Crippen LogP contribution in [0.1, 0.15) is 32.1 Å². The lowest BCUT2D eigenvalue weighted by molar-refractivity contribution is 0.281. The van der Waals surface area contributed by atoms with E-state index in [1.165, 1.54) is 0 Å². The van der Waals surface area contributed by atoms with Crippen LogP contribution in [0.25, 0.3) is 11.0 Å². The molecular weight excluding hydrogens is 362 g/mol. The highest BCUT2D eigenvalue weighted by Crippen LogP contribution is 2.38. The average Bonchev–Trinajstić information content (AvgIpc) is 3.26. The second kappa shape index (κ2) is 7.22. The zero-order valence-corrected chi connectivity index (χ0v) is 16.7. The molecule has 4 rings (SSSR count). The van der Waals surface area contributed by atoms with E-state index in [0.29, 0.717) is 17.7 Å². The van der Waals surface area contributed by atoms with Crippen molar-refractivity contribution in [3.05, 3.63) is 18.6 Å². The minimum Gasteiger partial charge on any atom is -0.356 e. The Balaban J connectivity index is 1.35. The lowest BCUT2D eigenvalue weighted by atomic mass is 9.81. The summed E-state index contributed by atoms with van der Waals surface area (Å²) < 4.78 is 25.6. The molecule has 2 aliphatic carbocycles. The molecule has 0 radical (unpaired) electrons. The summed E-state index contributed by atoms with van der Waals surface area (Å²) >= 11 is 0. The average molecular weight is 390 g/mol. The Kier molecular flexibility index (Phi) is 4.92. The van der Waals surface area contributed by atoms with Crippen LogP contribution < -0.4 is 4.90 Å². The fraction of sp³-hybridized carbons (Fsp3) is 0.632. The van der Waals surface area contributed by atoms with E-state index < -0.39 is 9.84 Å². The molecule has 27 heavy (non-hydrogen) atoms. The van der Waals surface area contributed by atoms with Crippen molar-refractivity contribution in [1.29, 1.82) is 0 Å².